The molecule has 1 amide bonds. The Morgan fingerprint density at radius 3 is 2.35 bits per heavy atom. The molecule has 0 saturated heterocycles. The molecule has 5 rings (SSSR count). The van der Waals surface area contributed by atoms with Gasteiger partial charge in [-0.05, 0) is 66.1 Å². The van der Waals surface area contributed by atoms with Crippen LogP contribution in [0, 0.1) is 0 Å². The van der Waals surface area contributed by atoms with Crippen molar-refractivity contribution < 1.29 is 19.4 Å². The molecule has 6 nitrogen and oxygen atoms in total. The average molecular weight is 698 g/mol. The van der Waals surface area contributed by atoms with Crippen LogP contribution in [0.25, 0.3) is 6.08 Å². The number of carbonyl (C=O) groups is 1. The van der Waals surface area contributed by atoms with Gasteiger partial charge in [-0.2, -0.15) is 0 Å². The molecule has 46 heavy (non-hydrogen) atoms. The average Bonchev–Trinajstić information content (AvgIpc) is 3.43. The van der Waals surface area contributed by atoms with Gasteiger partial charge in [0.2, 0.25) is 5.90 Å². The summed E-state index contributed by atoms with van der Waals surface area (Å²) >= 11 is 25.5. The Morgan fingerprint density at radius 2 is 1.65 bits per heavy atom. The standard InChI is InChI=1S/C36H32Cl4N2O4/c37-27-12-9-25(31(39)22-27)17-19-41-35(44)36(18-4-8-24-6-2-1-3-7-24)33(30-16-13-28(38)23-32(30)40)46-34(42-36)26-10-14-29(15-11-26)45-21-5-20-43/h1-4,6-16,22-23,33,43H,5,17-21H2,(H,41,44)/b8-4+/t33-,36-/m1/s1. The zero-order chi connectivity index (χ0) is 32.5. The zero-order valence-electron chi connectivity index (χ0n) is 24.8. The first kappa shape index (κ1) is 33.8. The molecule has 0 spiro atoms. The quantitative estimate of drug-likeness (QED) is 0.137. The van der Waals surface area contributed by atoms with Crippen LogP contribution < -0.4 is 10.1 Å². The number of halogens is 4. The van der Waals surface area contributed by atoms with Crippen molar-refractivity contribution in [3.8, 4) is 5.75 Å². The molecule has 4 aromatic rings. The molecule has 10 heteroatoms. The summed E-state index contributed by atoms with van der Waals surface area (Å²) in [5.41, 5.74) is 1.67. The fraction of sp³-hybridized carbons (Fsp3) is 0.222. The molecule has 2 atom stereocenters. The summed E-state index contributed by atoms with van der Waals surface area (Å²) in [6.07, 6.45) is 4.24. The van der Waals surface area contributed by atoms with Crippen molar-refractivity contribution in [1.29, 1.82) is 0 Å². The largest absolute Gasteiger partial charge is 0.494 e. The molecule has 0 radical (unpaired) electrons. The van der Waals surface area contributed by atoms with Gasteiger partial charge in [0, 0.05) is 57.2 Å². The van der Waals surface area contributed by atoms with Gasteiger partial charge in [-0.25, -0.2) is 4.99 Å². The van der Waals surface area contributed by atoms with Gasteiger partial charge in [-0.3, -0.25) is 4.79 Å². The highest BCUT2D eigenvalue weighted by Gasteiger charge is 2.53. The summed E-state index contributed by atoms with van der Waals surface area (Å²) in [5.74, 6) is 0.607. The number of nitrogens with zero attached hydrogens (tertiary/aromatic N) is 1. The van der Waals surface area contributed by atoms with Crippen LogP contribution >= 0.6 is 46.4 Å². The van der Waals surface area contributed by atoms with Crippen molar-refractivity contribution in [2.75, 3.05) is 19.8 Å². The molecule has 0 bridgehead atoms. The van der Waals surface area contributed by atoms with Gasteiger partial charge in [-0.1, -0.05) is 101 Å². The molecule has 0 unspecified atom stereocenters. The van der Waals surface area contributed by atoms with Gasteiger partial charge in [0.05, 0.1) is 6.61 Å². The van der Waals surface area contributed by atoms with Gasteiger partial charge in [-0.15, -0.1) is 0 Å². The Kier molecular flexibility index (Phi) is 11.7. The summed E-state index contributed by atoms with van der Waals surface area (Å²) in [4.78, 5) is 19.4. The molecule has 0 aliphatic carbocycles. The molecular weight excluding hydrogens is 666 g/mol. The predicted molar refractivity (Wildman–Crippen MR) is 186 cm³/mol. The highest BCUT2D eigenvalue weighted by atomic mass is 35.5. The maximum Gasteiger partial charge on any atom is 0.252 e. The lowest BCUT2D eigenvalue weighted by molar-refractivity contribution is -0.128. The van der Waals surface area contributed by atoms with Crippen molar-refractivity contribution in [2.45, 2.75) is 30.9 Å². The Hall–Kier alpha value is -3.52. The van der Waals surface area contributed by atoms with Gasteiger partial charge in [0.25, 0.3) is 5.91 Å². The Balaban J connectivity index is 1.51. The number of hydrogen-bond acceptors (Lipinski definition) is 5. The van der Waals surface area contributed by atoms with Gasteiger partial charge < -0.3 is 19.9 Å². The molecule has 2 N–H and O–H groups in total. The molecule has 1 aliphatic rings. The maximum atomic E-state index is 14.4. The Morgan fingerprint density at radius 1 is 0.935 bits per heavy atom. The SMILES string of the molecule is O=C(NCCc1ccc(Cl)cc1Cl)[C@]1(C/C=C/c2ccccc2)N=C(c2ccc(OCCCO)cc2)O[C@@H]1c1ccc(Cl)cc1Cl. The Labute approximate surface area is 288 Å². The van der Waals surface area contributed by atoms with E-state index in [1.165, 1.54) is 0 Å². The second kappa shape index (κ2) is 15.9. The van der Waals surface area contributed by atoms with E-state index in [1.54, 1.807) is 42.5 Å². The minimum atomic E-state index is -1.42. The lowest BCUT2D eigenvalue weighted by atomic mass is 9.84. The number of benzene rings is 4. The second-order valence-electron chi connectivity index (χ2n) is 10.7. The van der Waals surface area contributed by atoms with E-state index in [4.69, 9.17) is 66.0 Å². The number of aliphatic imine (C=N–C) groups is 1. The van der Waals surface area contributed by atoms with Crippen molar-refractivity contribution in [3.63, 3.8) is 0 Å². The smallest absolute Gasteiger partial charge is 0.252 e. The van der Waals surface area contributed by atoms with E-state index < -0.39 is 11.6 Å². The summed E-state index contributed by atoms with van der Waals surface area (Å²) in [7, 11) is 0. The fourth-order valence-electron chi connectivity index (χ4n) is 5.13. The van der Waals surface area contributed by atoms with E-state index >= 15 is 0 Å². The topological polar surface area (TPSA) is 80.2 Å². The lowest BCUT2D eigenvalue weighted by Crippen LogP contribution is -2.48. The molecule has 1 heterocycles. The Bertz CT molecular complexity index is 1710. The third-order valence-corrected chi connectivity index (χ3v) is 8.66. The van der Waals surface area contributed by atoms with Gasteiger partial charge in [0.15, 0.2) is 11.6 Å². The third-order valence-electron chi connectivity index (χ3n) is 7.51. The van der Waals surface area contributed by atoms with Crippen LogP contribution in [-0.4, -0.2) is 42.2 Å². The minimum absolute atomic E-state index is 0.0486. The predicted octanol–water partition coefficient (Wildman–Crippen LogP) is 8.78. The number of carbonyl (C=O) groups excluding carboxylic acids is 1. The number of rotatable bonds is 13. The highest BCUT2D eigenvalue weighted by Crippen LogP contribution is 2.45. The summed E-state index contributed by atoms with van der Waals surface area (Å²) in [6, 6.07) is 27.5. The molecule has 238 valence electrons. The summed E-state index contributed by atoms with van der Waals surface area (Å²) in [6.45, 7) is 0.742. The first-order chi connectivity index (χ1) is 22.3. The van der Waals surface area contributed by atoms with Crippen molar-refractivity contribution >= 4 is 64.3 Å². The van der Waals surface area contributed by atoms with Crippen molar-refractivity contribution in [1.82, 2.24) is 5.32 Å². The minimum Gasteiger partial charge on any atom is -0.494 e. The number of aliphatic hydroxyl groups excluding tert-OH is 1. The van der Waals surface area contributed by atoms with Crippen LogP contribution in [-0.2, 0) is 16.0 Å². The van der Waals surface area contributed by atoms with Crippen LogP contribution in [0.3, 0.4) is 0 Å². The van der Waals surface area contributed by atoms with Crippen LogP contribution in [0.2, 0.25) is 20.1 Å². The number of hydrogen-bond donors (Lipinski definition) is 2. The molecule has 1 aliphatic heterocycles. The monoisotopic (exact) mass is 696 g/mol. The fourth-order valence-corrected chi connectivity index (χ4v) is 6.14. The number of ether oxygens (including phenoxy) is 2. The van der Waals surface area contributed by atoms with Crippen LogP contribution in [0.5, 0.6) is 5.75 Å². The molecule has 0 fully saturated rings. The van der Waals surface area contributed by atoms with Crippen LogP contribution in [0.15, 0.2) is 102 Å². The number of amides is 1. The lowest BCUT2D eigenvalue weighted by Gasteiger charge is -2.30. The molecular formula is C36H32Cl4N2O4. The first-order valence-electron chi connectivity index (χ1n) is 14.8. The van der Waals surface area contributed by atoms with E-state index in [0.29, 0.717) is 68.9 Å². The molecule has 4 aromatic carbocycles. The van der Waals surface area contributed by atoms with Crippen LogP contribution in [0.1, 0.15) is 41.2 Å². The van der Waals surface area contributed by atoms with Gasteiger partial charge >= 0.3 is 0 Å². The van der Waals surface area contributed by atoms with E-state index in [9.17, 15) is 4.79 Å². The highest BCUT2D eigenvalue weighted by molar-refractivity contribution is 6.35. The number of aliphatic hydroxyl groups is 1. The summed E-state index contributed by atoms with van der Waals surface area (Å²) < 4.78 is 12.2. The van der Waals surface area contributed by atoms with Crippen molar-refractivity contribution in [3.05, 3.63) is 139 Å². The summed E-state index contributed by atoms with van der Waals surface area (Å²) in [5, 5.41) is 14.0. The normalized spacial score (nSPS) is 17.5. The van der Waals surface area contributed by atoms with E-state index in [2.05, 4.69) is 5.32 Å². The first-order valence-corrected chi connectivity index (χ1v) is 16.3. The maximum absolute atomic E-state index is 14.4. The van der Waals surface area contributed by atoms with E-state index in [0.717, 1.165) is 11.1 Å². The van der Waals surface area contributed by atoms with E-state index in [1.807, 2.05) is 60.7 Å². The second-order valence-corrected chi connectivity index (χ2v) is 12.4. The van der Waals surface area contributed by atoms with Gasteiger partial charge in [0.1, 0.15) is 5.75 Å². The van der Waals surface area contributed by atoms with Crippen molar-refractivity contribution in [2.24, 2.45) is 4.99 Å². The van der Waals surface area contributed by atoms with Crippen LogP contribution in [0.4, 0.5) is 0 Å². The molecule has 0 saturated carbocycles. The van der Waals surface area contributed by atoms with E-state index in [-0.39, 0.29) is 18.9 Å². The molecule has 0 aromatic heterocycles. The third kappa shape index (κ3) is 8.24. The number of nitrogens with one attached hydrogen (secondary N) is 1. The zero-order valence-corrected chi connectivity index (χ0v) is 27.8.